The van der Waals surface area contributed by atoms with E-state index >= 15 is 0 Å². The third kappa shape index (κ3) is 6.58. The summed E-state index contributed by atoms with van der Waals surface area (Å²) in [6, 6.07) is 2.06. The van der Waals surface area contributed by atoms with Crippen LogP contribution < -0.4 is 5.73 Å². The topological polar surface area (TPSA) is 79.3 Å². The average molecular weight is 255 g/mol. The van der Waals surface area contributed by atoms with E-state index in [4.69, 9.17) is 15.7 Å². The predicted molar refractivity (Wildman–Crippen MR) is 70.7 cm³/mol. The molecule has 0 aromatic rings. The standard InChI is InChI=1S/C13H25N3O2/c1-11(2)9-12(10-15)13(17)16(6-4-5-14)7-8-18-3/h11-12H,4,6-10,15H2,1-3H3. The molecule has 104 valence electrons. The molecule has 0 aromatic heterocycles. The highest BCUT2D eigenvalue weighted by Gasteiger charge is 2.23. The summed E-state index contributed by atoms with van der Waals surface area (Å²) in [5.41, 5.74) is 5.67. The molecule has 0 radical (unpaired) electrons. The molecule has 18 heavy (non-hydrogen) atoms. The summed E-state index contributed by atoms with van der Waals surface area (Å²) in [5, 5.41) is 8.62. The first-order valence-corrected chi connectivity index (χ1v) is 6.41. The number of amides is 1. The van der Waals surface area contributed by atoms with E-state index in [1.54, 1.807) is 12.0 Å². The van der Waals surface area contributed by atoms with Gasteiger partial charge in [-0.15, -0.1) is 0 Å². The maximum atomic E-state index is 12.3. The van der Waals surface area contributed by atoms with Gasteiger partial charge in [0, 0.05) is 26.7 Å². The molecule has 0 saturated carbocycles. The Labute approximate surface area is 110 Å². The average Bonchev–Trinajstić information content (AvgIpc) is 2.35. The molecular weight excluding hydrogens is 230 g/mol. The lowest BCUT2D eigenvalue weighted by molar-refractivity contribution is -0.136. The highest BCUT2D eigenvalue weighted by molar-refractivity contribution is 5.79. The molecule has 0 heterocycles. The number of rotatable bonds is 9. The van der Waals surface area contributed by atoms with Gasteiger partial charge in [-0.2, -0.15) is 5.26 Å². The van der Waals surface area contributed by atoms with Crippen LogP contribution in [0.3, 0.4) is 0 Å². The number of ether oxygens (including phenoxy) is 1. The Morgan fingerprint density at radius 2 is 2.11 bits per heavy atom. The van der Waals surface area contributed by atoms with E-state index in [-0.39, 0.29) is 11.8 Å². The van der Waals surface area contributed by atoms with E-state index in [9.17, 15) is 4.79 Å². The van der Waals surface area contributed by atoms with Gasteiger partial charge in [0.25, 0.3) is 0 Å². The molecule has 0 saturated heterocycles. The molecule has 1 unspecified atom stereocenters. The Hall–Kier alpha value is -1.12. The van der Waals surface area contributed by atoms with Crippen LogP contribution in [0.4, 0.5) is 0 Å². The minimum absolute atomic E-state index is 0.0403. The summed E-state index contributed by atoms with van der Waals surface area (Å²) >= 11 is 0. The Balaban J connectivity index is 4.53. The first-order valence-electron chi connectivity index (χ1n) is 6.41. The Morgan fingerprint density at radius 1 is 1.44 bits per heavy atom. The number of nitriles is 1. The molecule has 0 fully saturated rings. The summed E-state index contributed by atoms with van der Waals surface area (Å²) in [7, 11) is 1.60. The van der Waals surface area contributed by atoms with Crippen molar-refractivity contribution in [3.05, 3.63) is 0 Å². The second-order valence-electron chi connectivity index (χ2n) is 4.79. The van der Waals surface area contributed by atoms with Crippen LogP contribution in [0.1, 0.15) is 26.7 Å². The van der Waals surface area contributed by atoms with Crippen LogP contribution in [0.25, 0.3) is 0 Å². The van der Waals surface area contributed by atoms with E-state index in [0.29, 0.717) is 38.6 Å². The van der Waals surface area contributed by atoms with Gasteiger partial charge in [0.1, 0.15) is 0 Å². The number of methoxy groups -OCH3 is 1. The van der Waals surface area contributed by atoms with Gasteiger partial charge in [-0.1, -0.05) is 13.8 Å². The van der Waals surface area contributed by atoms with Gasteiger partial charge in [-0.25, -0.2) is 0 Å². The SMILES string of the molecule is COCCN(CCC#N)C(=O)C(CN)CC(C)C. The zero-order valence-corrected chi connectivity index (χ0v) is 11.7. The summed E-state index contributed by atoms with van der Waals surface area (Å²) in [5.74, 6) is 0.321. The number of hydrogen-bond donors (Lipinski definition) is 1. The van der Waals surface area contributed by atoms with Gasteiger partial charge in [-0.3, -0.25) is 4.79 Å². The van der Waals surface area contributed by atoms with Gasteiger partial charge >= 0.3 is 0 Å². The molecule has 0 spiro atoms. The first kappa shape index (κ1) is 16.9. The fourth-order valence-electron chi connectivity index (χ4n) is 1.84. The second kappa shape index (κ2) is 9.86. The molecule has 0 aliphatic heterocycles. The van der Waals surface area contributed by atoms with Gasteiger partial charge in [0.05, 0.1) is 25.0 Å². The van der Waals surface area contributed by atoms with E-state index in [0.717, 1.165) is 6.42 Å². The Morgan fingerprint density at radius 3 is 2.56 bits per heavy atom. The molecule has 0 bridgehead atoms. The third-order valence-corrected chi connectivity index (χ3v) is 2.76. The highest BCUT2D eigenvalue weighted by Crippen LogP contribution is 2.14. The third-order valence-electron chi connectivity index (χ3n) is 2.76. The molecule has 5 nitrogen and oxygen atoms in total. The van der Waals surface area contributed by atoms with Crippen molar-refractivity contribution in [2.75, 3.05) is 33.4 Å². The van der Waals surface area contributed by atoms with Crippen molar-refractivity contribution < 1.29 is 9.53 Å². The Bertz CT molecular complexity index is 274. The largest absolute Gasteiger partial charge is 0.383 e. The first-order chi connectivity index (χ1) is 8.56. The number of hydrogen-bond acceptors (Lipinski definition) is 4. The number of carbonyl (C=O) groups excluding carboxylic acids is 1. The Kier molecular flexibility index (Phi) is 9.25. The molecule has 1 amide bonds. The number of carbonyl (C=O) groups is 1. The zero-order valence-electron chi connectivity index (χ0n) is 11.7. The van der Waals surface area contributed by atoms with Crippen molar-refractivity contribution in [3.63, 3.8) is 0 Å². The van der Waals surface area contributed by atoms with Gasteiger partial charge in [-0.05, 0) is 12.3 Å². The molecule has 2 N–H and O–H groups in total. The van der Waals surface area contributed by atoms with E-state index in [1.807, 2.05) is 0 Å². The van der Waals surface area contributed by atoms with Crippen molar-refractivity contribution in [1.29, 1.82) is 5.26 Å². The fraction of sp³-hybridized carbons (Fsp3) is 0.846. The molecule has 1 atom stereocenters. The molecule has 0 rings (SSSR count). The van der Waals surface area contributed by atoms with Crippen molar-refractivity contribution in [1.82, 2.24) is 4.90 Å². The van der Waals surface area contributed by atoms with Crippen LogP contribution in [0.5, 0.6) is 0 Å². The summed E-state index contributed by atoms with van der Waals surface area (Å²) < 4.78 is 4.99. The molecule has 0 aromatic carbocycles. The quantitative estimate of drug-likeness (QED) is 0.666. The van der Waals surface area contributed by atoms with Crippen LogP contribution in [0, 0.1) is 23.2 Å². The number of nitrogens with two attached hydrogens (primary N) is 1. The summed E-state index contributed by atoms with van der Waals surface area (Å²) in [6.45, 7) is 5.96. The van der Waals surface area contributed by atoms with Crippen LogP contribution in [0.2, 0.25) is 0 Å². The second-order valence-corrected chi connectivity index (χ2v) is 4.79. The lowest BCUT2D eigenvalue weighted by Gasteiger charge is -2.26. The predicted octanol–water partition coefficient (Wildman–Crippen LogP) is 0.996. The normalized spacial score (nSPS) is 12.2. The maximum absolute atomic E-state index is 12.3. The van der Waals surface area contributed by atoms with Gasteiger partial charge in [0.2, 0.25) is 5.91 Å². The fourth-order valence-corrected chi connectivity index (χ4v) is 1.84. The van der Waals surface area contributed by atoms with Crippen LogP contribution in [0.15, 0.2) is 0 Å². The minimum atomic E-state index is -0.152. The van der Waals surface area contributed by atoms with E-state index in [1.165, 1.54) is 0 Å². The smallest absolute Gasteiger partial charge is 0.227 e. The summed E-state index contributed by atoms with van der Waals surface area (Å²) in [6.07, 6.45) is 1.12. The van der Waals surface area contributed by atoms with Crippen molar-refractivity contribution in [2.24, 2.45) is 17.6 Å². The van der Waals surface area contributed by atoms with Crippen LogP contribution in [-0.2, 0) is 9.53 Å². The zero-order chi connectivity index (χ0) is 14.0. The van der Waals surface area contributed by atoms with Gasteiger partial charge in [0.15, 0.2) is 0 Å². The van der Waals surface area contributed by atoms with Crippen molar-refractivity contribution in [2.45, 2.75) is 26.7 Å². The molecular formula is C13H25N3O2. The lowest BCUT2D eigenvalue weighted by Crippen LogP contribution is -2.41. The molecule has 5 heteroatoms. The summed E-state index contributed by atoms with van der Waals surface area (Å²) in [4.78, 5) is 14.0. The van der Waals surface area contributed by atoms with Crippen LogP contribution in [-0.4, -0.2) is 44.2 Å². The van der Waals surface area contributed by atoms with Gasteiger partial charge < -0.3 is 15.4 Å². The molecule has 0 aliphatic carbocycles. The minimum Gasteiger partial charge on any atom is -0.383 e. The van der Waals surface area contributed by atoms with Crippen molar-refractivity contribution in [3.8, 4) is 6.07 Å². The number of nitrogens with zero attached hydrogens (tertiary/aromatic N) is 2. The van der Waals surface area contributed by atoms with E-state index < -0.39 is 0 Å². The highest BCUT2D eigenvalue weighted by atomic mass is 16.5. The maximum Gasteiger partial charge on any atom is 0.227 e. The van der Waals surface area contributed by atoms with E-state index in [2.05, 4.69) is 19.9 Å². The lowest BCUT2D eigenvalue weighted by atomic mass is 9.96. The van der Waals surface area contributed by atoms with Crippen LogP contribution >= 0.6 is 0 Å². The van der Waals surface area contributed by atoms with Crippen molar-refractivity contribution >= 4 is 5.91 Å². The monoisotopic (exact) mass is 255 g/mol. The molecule has 0 aliphatic rings.